The molecule has 0 aliphatic carbocycles. The number of nitrogens with zero attached hydrogens (tertiary/aromatic N) is 7. The van der Waals surface area contributed by atoms with Crippen molar-refractivity contribution in [3.8, 4) is 0 Å². The second kappa shape index (κ2) is 6.19. The summed E-state index contributed by atoms with van der Waals surface area (Å²) in [5, 5.41) is 19.5. The number of hydrogen-bond acceptors (Lipinski definition) is 8. The van der Waals surface area contributed by atoms with E-state index in [1.165, 1.54) is 11.9 Å². The predicted molar refractivity (Wildman–Crippen MR) is 64.8 cm³/mol. The Kier molecular flexibility index (Phi) is 4.35. The lowest BCUT2D eigenvalue weighted by atomic mass is 10.2. The summed E-state index contributed by atoms with van der Waals surface area (Å²) in [7, 11) is 4.55. The van der Waals surface area contributed by atoms with Gasteiger partial charge in [0.1, 0.15) is 6.54 Å². The van der Waals surface area contributed by atoms with Crippen LogP contribution in [0.25, 0.3) is 0 Å². The molecule has 10 nitrogen and oxygen atoms in total. The van der Waals surface area contributed by atoms with E-state index in [1.807, 2.05) is 0 Å². The van der Waals surface area contributed by atoms with Crippen molar-refractivity contribution in [1.29, 1.82) is 0 Å². The van der Waals surface area contributed by atoms with Crippen LogP contribution in [0.4, 0.5) is 0 Å². The first-order valence-corrected chi connectivity index (χ1v) is 5.88. The molecule has 0 amide bonds. The van der Waals surface area contributed by atoms with Crippen LogP contribution in [-0.4, -0.2) is 62.0 Å². The lowest BCUT2D eigenvalue weighted by Crippen LogP contribution is -2.13. The third-order valence-electron chi connectivity index (χ3n) is 2.60. The first-order valence-electron chi connectivity index (χ1n) is 5.88. The van der Waals surface area contributed by atoms with E-state index in [2.05, 4.69) is 30.5 Å². The third kappa shape index (κ3) is 2.96. The highest BCUT2D eigenvalue weighted by atomic mass is 16.5. The Balaban J connectivity index is 2.27. The molecule has 2 heterocycles. The smallest absolute Gasteiger partial charge is 0.360 e. The standard InChI is InChI=1S/C10H15N7O3/c1-16-13-8(11-14-16)6-17-7(4-5-19-2)9(12-15-17)10(18)20-3/h4-6H2,1-3H3. The number of aromatic nitrogens is 7. The minimum atomic E-state index is -0.533. The normalized spacial score (nSPS) is 10.8. The molecule has 0 aromatic carbocycles. The number of methoxy groups -OCH3 is 2. The van der Waals surface area contributed by atoms with Crippen LogP contribution in [0.15, 0.2) is 0 Å². The third-order valence-corrected chi connectivity index (χ3v) is 2.60. The second-order valence-corrected chi connectivity index (χ2v) is 3.97. The van der Waals surface area contributed by atoms with Crippen LogP contribution in [-0.2, 0) is 29.5 Å². The average Bonchev–Trinajstić information content (AvgIpc) is 3.03. The van der Waals surface area contributed by atoms with Crippen LogP contribution in [0, 0.1) is 0 Å². The van der Waals surface area contributed by atoms with Gasteiger partial charge in [0.2, 0.25) is 0 Å². The molecule has 0 aliphatic heterocycles. The van der Waals surface area contributed by atoms with Crippen LogP contribution in [0.2, 0.25) is 0 Å². The number of carbonyl (C=O) groups is 1. The van der Waals surface area contributed by atoms with Gasteiger partial charge < -0.3 is 9.47 Å². The van der Waals surface area contributed by atoms with Crippen molar-refractivity contribution in [2.45, 2.75) is 13.0 Å². The number of ether oxygens (including phenoxy) is 2. The lowest BCUT2D eigenvalue weighted by Gasteiger charge is -2.05. The van der Waals surface area contributed by atoms with E-state index in [4.69, 9.17) is 4.74 Å². The molecule has 0 bridgehead atoms. The molecular formula is C10H15N7O3. The van der Waals surface area contributed by atoms with Gasteiger partial charge >= 0.3 is 5.97 Å². The van der Waals surface area contributed by atoms with E-state index in [0.29, 0.717) is 24.5 Å². The minimum Gasteiger partial charge on any atom is -0.464 e. The van der Waals surface area contributed by atoms with E-state index in [1.54, 1.807) is 18.8 Å². The zero-order chi connectivity index (χ0) is 14.5. The molecule has 0 spiro atoms. The summed E-state index contributed by atoms with van der Waals surface area (Å²) in [6.07, 6.45) is 0.480. The first-order chi connectivity index (χ1) is 9.65. The largest absolute Gasteiger partial charge is 0.464 e. The van der Waals surface area contributed by atoms with Gasteiger partial charge in [-0.2, -0.15) is 4.80 Å². The van der Waals surface area contributed by atoms with E-state index in [9.17, 15) is 4.79 Å². The van der Waals surface area contributed by atoms with Crippen molar-refractivity contribution < 1.29 is 14.3 Å². The summed E-state index contributed by atoms with van der Waals surface area (Å²) in [5.41, 5.74) is 0.791. The quantitative estimate of drug-likeness (QED) is 0.609. The molecule has 0 fully saturated rings. The van der Waals surface area contributed by atoms with Gasteiger partial charge in [-0.1, -0.05) is 5.21 Å². The number of rotatable bonds is 6. The fourth-order valence-corrected chi connectivity index (χ4v) is 1.68. The Morgan fingerprint density at radius 1 is 1.25 bits per heavy atom. The molecule has 108 valence electrons. The fraction of sp³-hybridized carbons (Fsp3) is 0.600. The van der Waals surface area contributed by atoms with Crippen molar-refractivity contribution in [2.24, 2.45) is 7.05 Å². The van der Waals surface area contributed by atoms with Crippen LogP contribution >= 0.6 is 0 Å². The maximum Gasteiger partial charge on any atom is 0.360 e. The molecule has 20 heavy (non-hydrogen) atoms. The highest BCUT2D eigenvalue weighted by Crippen LogP contribution is 2.09. The van der Waals surface area contributed by atoms with Crippen LogP contribution in [0.5, 0.6) is 0 Å². The van der Waals surface area contributed by atoms with Gasteiger partial charge in [-0.05, 0) is 5.21 Å². The van der Waals surface area contributed by atoms with E-state index < -0.39 is 5.97 Å². The van der Waals surface area contributed by atoms with Gasteiger partial charge in [0.25, 0.3) is 0 Å². The summed E-state index contributed by atoms with van der Waals surface area (Å²) < 4.78 is 11.2. The summed E-state index contributed by atoms with van der Waals surface area (Å²) in [6.45, 7) is 0.710. The Morgan fingerprint density at radius 2 is 2.05 bits per heavy atom. The molecule has 0 radical (unpaired) electrons. The Hall–Kier alpha value is -2.36. The summed E-state index contributed by atoms with van der Waals surface area (Å²) in [4.78, 5) is 13.0. The van der Waals surface area contributed by atoms with E-state index in [0.717, 1.165) is 0 Å². The molecule has 10 heteroatoms. The van der Waals surface area contributed by atoms with Crippen molar-refractivity contribution >= 4 is 5.97 Å². The molecule has 0 saturated carbocycles. The van der Waals surface area contributed by atoms with Crippen LogP contribution in [0.1, 0.15) is 22.0 Å². The molecule has 0 N–H and O–H groups in total. The van der Waals surface area contributed by atoms with Crippen LogP contribution in [0.3, 0.4) is 0 Å². The van der Waals surface area contributed by atoms with Gasteiger partial charge in [-0.3, -0.25) is 0 Å². The molecule has 0 unspecified atom stereocenters. The van der Waals surface area contributed by atoms with Crippen LogP contribution < -0.4 is 0 Å². The highest BCUT2D eigenvalue weighted by molar-refractivity contribution is 5.88. The Bertz CT molecular complexity index is 591. The van der Waals surface area contributed by atoms with Gasteiger partial charge in [0, 0.05) is 13.5 Å². The van der Waals surface area contributed by atoms with Gasteiger partial charge in [-0.15, -0.1) is 15.3 Å². The number of hydrogen-bond donors (Lipinski definition) is 0. The first kappa shape index (κ1) is 14.1. The molecule has 2 aromatic rings. The number of carbonyl (C=O) groups excluding carboxylic acids is 1. The summed E-state index contributed by atoms with van der Waals surface area (Å²) in [6, 6.07) is 0. The topological polar surface area (TPSA) is 110 Å². The monoisotopic (exact) mass is 281 g/mol. The SMILES string of the molecule is COCCc1c(C(=O)OC)nnn1Cc1nnn(C)n1. The molecule has 0 aliphatic rings. The molecular weight excluding hydrogens is 266 g/mol. The Morgan fingerprint density at radius 3 is 2.65 bits per heavy atom. The summed E-state index contributed by atoms with van der Waals surface area (Å²) in [5.74, 6) is -0.0538. The van der Waals surface area contributed by atoms with Gasteiger partial charge in [0.15, 0.2) is 11.5 Å². The lowest BCUT2D eigenvalue weighted by molar-refractivity contribution is 0.0592. The van der Waals surface area contributed by atoms with Gasteiger partial charge in [0.05, 0.1) is 26.5 Å². The maximum absolute atomic E-state index is 11.6. The fourth-order valence-electron chi connectivity index (χ4n) is 1.68. The van der Waals surface area contributed by atoms with E-state index in [-0.39, 0.29) is 12.2 Å². The van der Waals surface area contributed by atoms with Crippen molar-refractivity contribution in [3.05, 3.63) is 17.2 Å². The second-order valence-electron chi connectivity index (χ2n) is 3.97. The molecule has 0 atom stereocenters. The predicted octanol–water partition coefficient (Wildman–Crippen LogP) is -1.17. The number of esters is 1. The molecule has 0 saturated heterocycles. The van der Waals surface area contributed by atoms with Gasteiger partial charge in [-0.25, -0.2) is 9.48 Å². The molecule has 2 rings (SSSR count). The van der Waals surface area contributed by atoms with Crippen molar-refractivity contribution in [3.63, 3.8) is 0 Å². The Labute approximate surface area is 114 Å². The molecule has 2 aromatic heterocycles. The number of aryl methyl sites for hydroxylation is 1. The van der Waals surface area contributed by atoms with Crippen molar-refractivity contribution in [1.82, 2.24) is 35.2 Å². The minimum absolute atomic E-state index is 0.174. The number of tetrazole rings is 1. The highest BCUT2D eigenvalue weighted by Gasteiger charge is 2.20. The average molecular weight is 281 g/mol. The van der Waals surface area contributed by atoms with E-state index >= 15 is 0 Å². The zero-order valence-corrected chi connectivity index (χ0v) is 11.5. The zero-order valence-electron chi connectivity index (χ0n) is 11.5. The maximum atomic E-state index is 11.6. The summed E-state index contributed by atoms with van der Waals surface area (Å²) >= 11 is 0. The van der Waals surface area contributed by atoms with Crippen molar-refractivity contribution in [2.75, 3.05) is 20.8 Å².